The molecular weight excluding hydrogens is 366 g/mol. The highest BCUT2D eigenvalue weighted by molar-refractivity contribution is 7.99. The molecule has 3 rings (SSSR count). The lowest BCUT2D eigenvalue weighted by molar-refractivity contribution is -0.113. The van der Waals surface area contributed by atoms with Crippen molar-refractivity contribution in [1.82, 2.24) is 10.1 Å². The van der Waals surface area contributed by atoms with E-state index in [1.54, 1.807) is 32.4 Å². The number of amides is 1. The van der Waals surface area contributed by atoms with Crippen LogP contribution in [0.25, 0.3) is 0 Å². The largest absolute Gasteiger partial charge is 0.497 e. The second kappa shape index (κ2) is 9.09. The SMILES string of the molecule is COc1ccc(OC)c(NC(=O)CSc2noc(Cc3ccccc3)n2)c1. The molecule has 3 aromatic rings. The Hall–Kier alpha value is -3.00. The molecule has 0 radical (unpaired) electrons. The molecule has 1 aromatic heterocycles. The Labute approximate surface area is 161 Å². The summed E-state index contributed by atoms with van der Waals surface area (Å²) in [5.74, 6) is 1.63. The maximum Gasteiger partial charge on any atom is 0.234 e. The number of rotatable bonds is 8. The number of carbonyl (C=O) groups excluding carboxylic acids is 1. The number of thioether (sulfide) groups is 1. The summed E-state index contributed by atoms with van der Waals surface area (Å²) in [4.78, 5) is 16.5. The lowest BCUT2D eigenvalue weighted by Crippen LogP contribution is -2.15. The highest BCUT2D eigenvalue weighted by Crippen LogP contribution is 2.29. The normalized spacial score (nSPS) is 10.4. The summed E-state index contributed by atoms with van der Waals surface area (Å²) < 4.78 is 15.7. The lowest BCUT2D eigenvalue weighted by Gasteiger charge is -2.11. The zero-order valence-corrected chi connectivity index (χ0v) is 15.8. The first kappa shape index (κ1) is 18.8. The molecule has 2 aromatic carbocycles. The van der Waals surface area contributed by atoms with Crippen molar-refractivity contribution in [3.8, 4) is 11.5 Å². The Bertz CT molecular complexity index is 899. The average molecular weight is 385 g/mol. The zero-order chi connectivity index (χ0) is 19.1. The molecule has 1 heterocycles. The van der Waals surface area contributed by atoms with E-state index in [1.165, 1.54) is 11.8 Å². The van der Waals surface area contributed by atoms with E-state index in [2.05, 4.69) is 15.5 Å². The summed E-state index contributed by atoms with van der Waals surface area (Å²) in [6, 6.07) is 15.0. The average Bonchev–Trinajstić information content (AvgIpc) is 3.14. The van der Waals surface area contributed by atoms with Gasteiger partial charge >= 0.3 is 0 Å². The molecule has 0 aliphatic carbocycles. The third-order valence-corrected chi connectivity index (χ3v) is 4.49. The second-order valence-corrected chi connectivity index (χ2v) is 6.48. The van der Waals surface area contributed by atoms with Gasteiger partial charge in [-0.15, -0.1) is 0 Å². The van der Waals surface area contributed by atoms with Gasteiger partial charge in [0.15, 0.2) is 0 Å². The van der Waals surface area contributed by atoms with Gasteiger partial charge in [0.25, 0.3) is 0 Å². The van der Waals surface area contributed by atoms with Gasteiger partial charge in [-0.25, -0.2) is 0 Å². The van der Waals surface area contributed by atoms with Gasteiger partial charge in [-0.3, -0.25) is 4.79 Å². The number of anilines is 1. The van der Waals surface area contributed by atoms with Crippen molar-refractivity contribution >= 4 is 23.4 Å². The van der Waals surface area contributed by atoms with Crippen LogP contribution in [0.3, 0.4) is 0 Å². The molecule has 0 aliphatic rings. The molecule has 0 atom stereocenters. The van der Waals surface area contributed by atoms with E-state index in [-0.39, 0.29) is 11.7 Å². The van der Waals surface area contributed by atoms with Crippen LogP contribution in [0.4, 0.5) is 5.69 Å². The summed E-state index contributed by atoms with van der Waals surface area (Å²) >= 11 is 1.20. The van der Waals surface area contributed by atoms with Crippen molar-refractivity contribution in [2.75, 3.05) is 25.3 Å². The van der Waals surface area contributed by atoms with Crippen LogP contribution in [0.2, 0.25) is 0 Å². The molecule has 7 nitrogen and oxygen atoms in total. The maximum atomic E-state index is 12.2. The molecule has 0 saturated heterocycles. The zero-order valence-electron chi connectivity index (χ0n) is 15.0. The van der Waals surface area contributed by atoms with Gasteiger partial charge in [-0.2, -0.15) is 4.98 Å². The van der Waals surface area contributed by atoms with Crippen LogP contribution < -0.4 is 14.8 Å². The number of hydrogen-bond acceptors (Lipinski definition) is 7. The predicted molar refractivity (Wildman–Crippen MR) is 102 cm³/mol. The number of aromatic nitrogens is 2. The van der Waals surface area contributed by atoms with Crippen molar-refractivity contribution in [2.45, 2.75) is 11.6 Å². The van der Waals surface area contributed by atoms with Crippen LogP contribution in [0.1, 0.15) is 11.5 Å². The lowest BCUT2D eigenvalue weighted by atomic mass is 10.2. The third-order valence-electron chi connectivity index (χ3n) is 3.66. The summed E-state index contributed by atoms with van der Waals surface area (Å²) in [6.07, 6.45) is 0.557. The quantitative estimate of drug-likeness (QED) is 0.595. The van der Waals surface area contributed by atoms with Gasteiger partial charge in [-0.05, 0) is 17.7 Å². The molecule has 0 aliphatic heterocycles. The number of benzene rings is 2. The van der Waals surface area contributed by atoms with E-state index in [4.69, 9.17) is 14.0 Å². The van der Waals surface area contributed by atoms with Crippen LogP contribution in [0.15, 0.2) is 58.2 Å². The summed E-state index contributed by atoms with van der Waals surface area (Å²) in [5, 5.41) is 7.13. The first-order valence-electron chi connectivity index (χ1n) is 8.19. The third kappa shape index (κ3) is 5.24. The van der Waals surface area contributed by atoms with Crippen LogP contribution in [-0.4, -0.2) is 36.0 Å². The van der Waals surface area contributed by atoms with E-state index < -0.39 is 0 Å². The monoisotopic (exact) mass is 385 g/mol. The topological polar surface area (TPSA) is 86.5 Å². The van der Waals surface area contributed by atoms with Gasteiger partial charge in [0.05, 0.1) is 32.1 Å². The van der Waals surface area contributed by atoms with E-state index in [0.717, 1.165) is 5.56 Å². The van der Waals surface area contributed by atoms with Gasteiger partial charge < -0.3 is 19.3 Å². The van der Waals surface area contributed by atoms with Gasteiger partial charge in [0.1, 0.15) is 11.5 Å². The number of nitrogens with one attached hydrogen (secondary N) is 1. The minimum Gasteiger partial charge on any atom is -0.497 e. The minimum atomic E-state index is -0.207. The van der Waals surface area contributed by atoms with Crippen LogP contribution >= 0.6 is 11.8 Å². The Morgan fingerprint density at radius 3 is 2.70 bits per heavy atom. The molecular formula is C19H19N3O4S. The van der Waals surface area contributed by atoms with Crippen LogP contribution in [0.5, 0.6) is 11.5 Å². The fraction of sp³-hybridized carbons (Fsp3) is 0.211. The number of ether oxygens (including phenoxy) is 2. The summed E-state index contributed by atoms with van der Waals surface area (Å²) in [7, 11) is 3.10. The van der Waals surface area contributed by atoms with Crippen LogP contribution in [0, 0.1) is 0 Å². The molecule has 1 N–H and O–H groups in total. The fourth-order valence-corrected chi connectivity index (χ4v) is 2.96. The highest BCUT2D eigenvalue weighted by Gasteiger charge is 2.13. The standard InChI is InChI=1S/C19H19N3O4S/c1-24-14-8-9-16(25-2)15(11-14)20-17(23)12-27-19-21-18(26-22-19)10-13-6-4-3-5-7-13/h3-9,11H,10,12H2,1-2H3,(H,20,23). The molecule has 0 saturated carbocycles. The first-order valence-corrected chi connectivity index (χ1v) is 9.17. The highest BCUT2D eigenvalue weighted by atomic mass is 32.2. The number of carbonyl (C=O) groups is 1. The van der Waals surface area contributed by atoms with Crippen molar-refractivity contribution in [2.24, 2.45) is 0 Å². The Balaban J connectivity index is 1.55. The van der Waals surface area contributed by atoms with Crippen molar-refractivity contribution in [3.05, 3.63) is 60.0 Å². The van der Waals surface area contributed by atoms with Gasteiger partial charge in [0.2, 0.25) is 17.0 Å². The predicted octanol–water partition coefficient (Wildman–Crippen LogP) is 3.41. The molecule has 0 unspecified atom stereocenters. The van der Waals surface area contributed by atoms with E-state index in [0.29, 0.717) is 34.7 Å². The Morgan fingerprint density at radius 1 is 1.15 bits per heavy atom. The van der Waals surface area contributed by atoms with E-state index >= 15 is 0 Å². The van der Waals surface area contributed by atoms with Crippen molar-refractivity contribution in [1.29, 1.82) is 0 Å². The second-order valence-electron chi connectivity index (χ2n) is 5.54. The smallest absolute Gasteiger partial charge is 0.234 e. The van der Waals surface area contributed by atoms with Gasteiger partial charge in [0, 0.05) is 6.07 Å². The number of methoxy groups -OCH3 is 2. The van der Waals surface area contributed by atoms with E-state index in [1.807, 2.05) is 30.3 Å². The summed E-state index contributed by atoms with van der Waals surface area (Å²) in [5.41, 5.74) is 1.63. The molecule has 27 heavy (non-hydrogen) atoms. The number of hydrogen-bond donors (Lipinski definition) is 1. The Morgan fingerprint density at radius 2 is 1.96 bits per heavy atom. The van der Waals surface area contributed by atoms with Gasteiger partial charge in [-0.1, -0.05) is 47.3 Å². The molecule has 0 fully saturated rings. The fourth-order valence-electron chi connectivity index (χ4n) is 2.37. The molecule has 1 amide bonds. The molecule has 0 bridgehead atoms. The first-order chi connectivity index (χ1) is 13.2. The van der Waals surface area contributed by atoms with Crippen LogP contribution in [-0.2, 0) is 11.2 Å². The molecule has 0 spiro atoms. The number of nitrogens with zero attached hydrogens (tertiary/aromatic N) is 2. The molecule has 8 heteroatoms. The minimum absolute atomic E-state index is 0.144. The van der Waals surface area contributed by atoms with E-state index in [9.17, 15) is 4.79 Å². The molecule has 140 valence electrons. The maximum absolute atomic E-state index is 12.2. The van der Waals surface area contributed by atoms with Crippen molar-refractivity contribution in [3.63, 3.8) is 0 Å². The Kier molecular flexibility index (Phi) is 6.32. The summed E-state index contributed by atoms with van der Waals surface area (Å²) in [6.45, 7) is 0. The van der Waals surface area contributed by atoms with Crippen molar-refractivity contribution < 1.29 is 18.8 Å².